The van der Waals surface area contributed by atoms with Crippen molar-refractivity contribution in [2.45, 2.75) is 0 Å². The average Bonchev–Trinajstić information content (AvgIpc) is 2.49. The lowest BCUT2D eigenvalue weighted by Crippen LogP contribution is -2.14. The van der Waals surface area contributed by atoms with Crippen LogP contribution < -0.4 is 20.5 Å². The molecule has 3 N–H and O–H groups in total. The summed E-state index contributed by atoms with van der Waals surface area (Å²) in [6.45, 7) is 0. The molecule has 6 heteroatoms. The number of amides is 1. The fourth-order valence-electron chi connectivity index (χ4n) is 1.89. The molecule has 0 aliphatic heterocycles. The molecular weight excluding hydrogens is 275 g/mol. The highest BCUT2D eigenvalue weighted by atomic mass is 19.1. The molecule has 1 amide bonds. The van der Waals surface area contributed by atoms with Gasteiger partial charge in [0.25, 0.3) is 5.91 Å². The molecule has 0 spiro atoms. The summed E-state index contributed by atoms with van der Waals surface area (Å²) < 4.78 is 23.4. The van der Waals surface area contributed by atoms with Crippen LogP contribution >= 0.6 is 0 Å². The molecule has 0 saturated heterocycles. The van der Waals surface area contributed by atoms with Crippen LogP contribution in [0, 0.1) is 5.82 Å². The lowest BCUT2D eigenvalue weighted by Gasteiger charge is -2.13. The van der Waals surface area contributed by atoms with Gasteiger partial charge in [-0.1, -0.05) is 6.07 Å². The first-order valence-electron chi connectivity index (χ1n) is 6.14. The highest BCUT2D eigenvalue weighted by Crippen LogP contribution is 2.29. The zero-order valence-electron chi connectivity index (χ0n) is 11.6. The van der Waals surface area contributed by atoms with Crippen molar-refractivity contribution in [2.75, 3.05) is 25.3 Å². The van der Waals surface area contributed by atoms with Gasteiger partial charge in [0.2, 0.25) is 0 Å². The molecule has 0 atom stereocenters. The monoisotopic (exact) mass is 290 g/mol. The average molecular weight is 290 g/mol. The molecule has 110 valence electrons. The summed E-state index contributed by atoms with van der Waals surface area (Å²) in [6.07, 6.45) is 0. The molecule has 0 heterocycles. The molecule has 0 fully saturated rings. The Bertz CT molecular complexity index is 652. The number of benzene rings is 2. The quantitative estimate of drug-likeness (QED) is 0.849. The van der Waals surface area contributed by atoms with E-state index in [0.717, 1.165) is 0 Å². The van der Waals surface area contributed by atoms with Crippen LogP contribution in [-0.2, 0) is 0 Å². The second kappa shape index (κ2) is 6.13. The van der Waals surface area contributed by atoms with Gasteiger partial charge in [-0.3, -0.25) is 4.79 Å². The smallest absolute Gasteiger partial charge is 0.263 e. The molecular formula is C15H15FN2O3. The third-order valence-electron chi connectivity index (χ3n) is 2.91. The highest BCUT2D eigenvalue weighted by Gasteiger charge is 2.18. The van der Waals surface area contributed by atoms with Crippen LogP contribution in [0.2, 0.25) is 0 Å². The number of nitrogens with two attached hydrogens (primary N) is 1. The van der Waals surface area contributed by atoms with E-state index in [1.807, 2.05) is 0 Å². The molecule has 0 unspecified atom stereocenters. The summed E-state index contributed by atoms with van der Waals surface area (Å²) >= 11 is 0. The first-order chi connectivity index (χ1) is 10.1. The zero-order chi connectivity index (χ0) is 15.4. The summed E-state index contributed by atoms with van der Waals surface area (Å²) in [7, 11) is 2.92. The van der Waals surface area contributed by atoms with Crippen LogP contribution in [0.25, 0.3) is 0 Å². The Morgan fingerprint density at radius 3 is 2.29 bits per heavy atom. The summed E-state index contributed by atoms with van der Waals surface area (Å²) in [5.41, 5.74) is 6.07. The lowest BCUT2D eigenvalue weighted by molar-refractivity contribution is 0.102. The van der Waals surface area contributed by atoms with Gasteiger partial charge in [-0.05, 0) is 30.3 Å². The van der Waals surface area contributed by atoms with Crippen LogP contribution in [0.1, 0.15) is 10.4 Å². The largest absolute Gasteiger partial charge is 0.496 e. The van der Waals surface area contributed by atoms with Gasteiger partial charge < -0.3 is 20.5 Å². The Balaban J connectivity index is 2.34. The fraction of sp³-hybridized carbons (Fsp3) is 0.133. The Labute approximate surface area is 121 Å². The third kappa shape index (κ3) is 3.05. The van der Waals surface area contributed by atoms with E-state index in [9.17, 15) is 9.18 Å². The number of carbonyl (C=O) groups excluding carboxylic acids is 1. The number of nitrogen functional groups attached to an aromatic ring is 1. The Morgan fingerprint density at radius 2 is 1.76 bits per heavy atom. The SMILES string of the molecule is COc1cccc(OC)c1C(=O)Nc1ccc(F)c(N)c1. The zero-order valence-corrected chi connectivity index (χ0v) is 11.6. The summed E-state index contributed by atoms with van der Waals surface area (Å²) in [5, 5.41) is 2.63. The van der Waals surface area contributed by atoms with Gasteiger partial charge in [0.15, 0.2) is 0 Å². The lowest BCUT2D eigenvalue weighted by atomic mass is 10.1. The Morgan fingerprint density at radius 1 is 1.14 bits per heavy atom. The predicted octanol–water partition coefficient (Wildman–Crippen LogP) is 2.68. The molecule has 0 saturated carbocycles. The van der Waals surface area contributed by atoms with Crippen molar-refractivity contribution in [1.29, 1.82) is 0 Å². The van der Waals surface area contributed by atoms with Crippen LogP contribution in [-0.4, -0.2) is 20.1 Å². The van der Waals surface area contributed by atoms with E-state index < -0.39 is 11.7 Å². The van der Waals surface area contributed by atoms with Crippen molar-refractivity contribution >= 4 is 17.3 Å². The van der Waals surface area contributed by atoms with E-state index in [1.54, 1.807) is 18.2 Å². The van der Waals surface area contributed by atoms with E-state index >= 15 is 0 Å². The topological polar surface area (TPSA) is 73.6 Å². The standard InChI is InChI=1S/C15H15FN2O3/c1-20-12-4-3-5-13(21-2)14(12)15(19)18-9-6-7-10(16)11(17)8-9/h3-8H,17H2,1-2H3,(H,18,19). The van der Waals surface area contributed by atoms with Crippen molar-refractivity contribution in [1.82, 2.24) is 0 Å². The van der Waals surface area contributed by atoms with Crippen molar-refractivity contribution in [3.8, 4) is 11.5 Å². The number of nitrogens with one attached hydrogen (secondary N) is 1. The van der Waals surface area contributed by atoms with E-state index in [4.69, 9.17) is 15.2 Å². The number of rotatable bonds is 4. The maximum absolute atomic E-state index is 13.1. The molecule has 5 nitrogen and oxygen atoms in total. The molecule has 0 bridgehead atoms. The van der Waals surface area contributed by atoms with E-state index in [1.165, 1.54) is 32.4 Å². The van der Waals surface area contributed by atoms with Crippen molar-refractivity contribution in [3.63, 3.8) is 0 Å². The number of carbonyl (C=O) groups is 1. The van der Waals surface area contributed by atoms with Gasteiger partial charge in [-0.25, -0.2) is 4.39 Å². The minimum Gasteiger partial charge on any atom is -0.496 e. The summed E-state index contributed by atoms with van der Waals surface area (Å²) in [6, 6.07) is 8.96. The summed E-state index contributed by atoms with van der Waals surface area (Å²) in [4.78, 5) is 12.4. The Kier molecular flexibility index (Phi) is 4.27. The number of ether oxygens (including phenoxy) is 2. The van der Waals surface area contributed by atoms with Gasteiger partial charge in [0, 0.05) is 5.69 Å². The minimum absolute atomic E-state index is 0.0419. The fourth-order valence-corrected chi connectivity index (χ4v) is 1.89. The molecule has 21 heavy (non-hydrogen) atoms. The van der Waals surface area contributed by atoms with E-state index in [2.05, 4.69) is 5.32 Å². The van der Waals surface area contributed by atoms with Crippen molar-refractivity contribution in [2.24, 2.45) is 0 Å². The van der Waals surface area contributed by atoms with Crippen LogP contribution in [0.15, 0.2) is 36.4 Å². The molecule has 2 aromatic carbocycles. The molecule has 2 rings (SSSR count). The second-order valence-electron chi connectivity index (χ2n) is 4.23. The van der Waals surface area contributed by atoms with Gasteiger partial charge in [-0.15, -0.1) is 0 Å². The van der Waals surface area contributed by atoms with E-state index in [-0.39, 0.29) is 11.3 Å². The van der Waals surface area contributed by atoms with Crippen molar-refractivity contribution < 1.29 is 18.7 Å². The molecule has 0 aromatic heterocycles. The van der Waals surface area contributed by atoms with Crippen LogP contribution in [0.4, 0.5) is 15.8 Å². The maximum Gasteiger partial charge on any atom is 0.263 e. The first-order valence-corrected chi connectivity index (χ1v) is 6.14. The Hall–Kier alpha value is -2.76. The van der Waals surface area contributed by atoms with Crippen molar-refractivity contribution in [3.05, 3.63) is 47.8 Å². The third-order valence-corrected chi connectivity index (χ3v) is 2.91. The number of hydrogen-bond donors (Lipinski definition) is 2. The number of anilines is 2. The molecule has 2 aromatic rings. The van der Waals surface area contributed by atoms with Crippen LogP contribution in [0.3, 0.4) is 0 Å². The predicted molar refractivity (Wildman–Crippen MR) is 78.3 cm³/mol. The molecule has 0 aliphatic carbocycles. The molecule has 0 radical (unpaired) electrons. The molecule has 0 aliphatic rings. The van der Waals surface area contributed by atoms with Gasteiger partial charge in [0.1, 0.15) is 22.9 Å². The normalized spacial score (nSPS) is 10.0. The van der Waals surface area contributed by atoms with Gasteiger partial charge in [0.05, 0.1) is 19.9 Å². The number of methoxy groups -OCH3 is 2. The van der Waals surface area contributed by atoms with Crippen LogP contribution in [0.5, 0.6) is 11.5 Å². The maximum atomic E-state index is 13.1. The number of halogens is 1. The second-order valence-corrected chi connectivity index (χ2v) is 4.23. The van der Waals surface area contributed by atoms with Gasteiger partial charge >= 0.3 is 0 Å². The van der Waals surface area contributed by atoms with Gasteiger partial charge in [-0.2, -0.15) is 0 Å². The number of hydrogen-bond acceptors (Lipinski definition) is 4. The highest BCUT2D eigenvalue weighted by molar-refractivity contribution is 6.08. The summed E-state index contributed by atoms with van der Waals surface area (Å²) in [5.74, 6) is -0.220. The first kappa shape index (κ1) is 14.6. The van der Waals surface area contributed by atoms with E-state index in [0.29, 0.717) is 17.2 Å². The minimum atomic E-state index is -0.539.